The second-order valence-electron chi connectivity index (χ2n) is 20.0. The first-order chi connectivity index (χ1) is 42.9. The normalized spacial score (nSPS) is 11.5. The fourth-order valence-electron chi connectivity index (χ4n) is 8.54. The van der Waals surface area contributed by atoms with E-state index in [1.165, 1.54) is 29.6 Å². The quantitative estimate of drug-likeness (QED) is 0.0110. The molecule has 1 N–H and O–H groups in total. The number of anilines is 2. The van der Waals surface area contributed by atoms with Crippen molar-refractivity contribution in [2.75, 3.05) is 102 Å². The first kappa shape index (κ1) is 70.8. The number of benzene rings is 4. The highest BCUT2D eigenvalue weighted by atomic mass is 32.1. The zero-order valence-corrected chi connectivity index (χ0v) is 53.0. The van der Waals surface area contributed by atoms with Crippen LogP contribution in [-0.2, 0) is 33.2 Å². The number of carbonyl (C=O) groups is 4. The Hall–Kier alpha value is -8.92. The van der Waals surface area contributed by atoms with Gasteiger partial charge in [0.25, 0.3) is 0 Å². The third-order valence-electron chi connectivity index (χ3n) is 13.2. The Balaban J connectivity index is 0.000000299. The van der Waals surface area contributed by atoms with Gasteiger partial charge in [-0.1, -0.05) is 37.3 Å². The molecule has 6 aromatic rings. The SMILES string of the molecule is O=C1OC(=O)c2ccccc21.[C-]#[N+]c1c(N=Nc2ccc(N(CCOCCOCCOCCOCCOC(=O)c3ccccc3C(C)=O)C(C)C)cc2C)sc(C#N)c1C.[C-]#[N+]c1sc(N=Nc2ccc(N(CCOCCO)C(C)C)cc2C)c([N+]#[C-])c1C. The van der Waals surface area contributed by atoms with Gasteiger partial charge < -0.3 is 48.1 Å². The van der Waals surface area contributed by atoms with Crippen LogP contribution in [0.15, 0.2) is 105 Å². The number of thiophene rings is 2. The molecule has 0 saturated carbocycles. The monoisotopic (exact) mass is 1250 g/mol. The molecular formula is C65H72N10O12S2. The van der Waals surface area contributed by atoms with Crippen LogP contribution in [0.3, 0.4) is 0 Å². The lowest BCUT2D eigenvalue weighted by atomic mass is 10.0. The lowest BCUT2D eigenvalue weighted by Crippen LogP contribution is -2.34. The van der Waals surface area contributed by atoms with Crippen LogP contribution < -0.4 is 9.80 Å². The molecule has 0 aliphatic carbocycles. The minimum Gasteiger partial charge on any atom is -0.460 e. The molecule has 0 spiro atoms. The van der Waals surface area contributed by atoms with Crippen LogP contribution in [0.5, 0.6) is 0 Å². The first-order valence-corrected chi connectivity index (χ1v) is 30.0. The summed E-state index contributed by atoms with van der Waals surface area (Å²) in [6.45, 7) is 45.0. The summed E-state index contributed by atoms with van der Waals surface area (Å²) in [7, 11) is 0. The number of ketones is 1. The van der Waals surface area contributed by atoms with E-state index in [1.807, 2.05) is 38.1 Å². The van der Waals surface area contributed by atoms with Gasteiger partial charge in [-0.05, 0) is 132 Å². The number of fused-ring (bicyclic) bond motifs is 1. The fraction of sp³-hybridized carbons (Fsp3) is 0.385. The number of hydrogen-bond acceptors (Lipinski definition) is 21. The van der Waals surface area contributed by atoms with Gasteiger partial charge in [-0.2, -0.15) is 25.7 Å². The zero-order valence-electron chi connectivity index (χ0n) is 51.4. The molecule has 22 nitrogen and oxygen atoms in total. The van der Waals surface area contributed by atoms with Gasteiger partial charge >= 0.3 is 17.9 Å². The van der Waals surface area contributed by atoms with E-state index in [9.17, 15) is 24.4 Å². The molecule has 0 fully saturated rings. The molecule has 89 heavy (non-hydrogen) atoms. The van der Waals surface area contributed by atoms with E-state index >= 15 is 0 Å². The van der Waals surface area contributed by atoms with Gasteiger partial charge in [0.2, 0.25) is 16.4 Å². The van der Waals surface area contributed by atoms with E-state index in [0.717, 1.165) is 34.7 Å². The molecule has 0 radical (unpaired) electrons. The molecule has 0 atom stereocenters. The minimum atomic E-state index is -0.551. The number of aliphatic hydroxyl groups excluding tert-OH is 1. The number of nitrogens with zero attached hydrogens (tertiary/aromatic N) is 10. The number of carbonyl (C=O) groups excluding carboxylic acids is 4. The Morgan fingerprint density at radius 2 is 1.03 bits per heavy atom. The van der Waals surface area contributed by atoms with Crippen molar-refractivity contribution in [2.45, 2.75) is 74.4 Å². The minimum absolute atomic E-state index is 0.0246. The Morgan fingerprint density at radius 1 is 0.596 bits per heavy atom. The molecule has 2 aromatic heterocycles. The van der Waals surface area contributed by atoms with Crippen LogP contribution in [-0.4, -0.2) is 133 Å². The number of ether oxygens (including phenoxy) is 7. The van der Waals surface area contributed by atoms with E-state index in [-0.39, 0.29) is 37.2 Å². The summed E-state index contributed by atoms with van der Waals surface area (Å²) >= 11 is 2.37. The zero-order chi connectivity index (χ0) is 64.8. The highest BCUT2D eigenvalue weighted by Gasteiger charge is 2.28. The molecular weight excluding hydrogens is 1180 g/mol. The van der Waals surface area contributed by atoms with Crippen LogP contribution in [0, 0.1) is 58.7 Å². The van der Waals surface area contributed by atoms with Crippen LogP contribution in [0.4, 0.5) is 49.1 Å². The number of cyclic esters (lactones) is 2. The second kappa shape index (κ2) is 37.0. The van der Waals surface area contributed by atoms with Crippen molar-refractivity contribution >= 4 is 95.5 Å². The number of esters is 3. The summed E-state index contributed by atoms with van der Waals surface area (Å²) in [4.78, 5) is 61.0. The highest BCUT2D eigenvalue weighted by Crippen LogP contribution is 2.47. The van der Waals surface area contributed by atoms with Crippen LogP contribution in [0.25, 0.3) is 14.5 Å². The summed E-state index contributed by atoms with van der Waals surface area (Å²) in [5, 5.41) is 36.7. The van der Waals surface area contributed by atoms with Crippen molar-refractivity contribution in [1.82, 2.24) is 0 Å². The number of Topliss-reactive ketones (excluding diaryl/α,β-unsaturated/α-hetero) is 1. The molecule has 4 aromatic carbocycles. The molecule has 0 amide bonds. The van der Waals surface area contributed by atoms with Crippen LogP contribution in [0.2, 0.25) is 0 Å². The van der Waals surface area contributed by atoms with Gasteiger partial charge in [-0.3, -0.25) is 4.79 Å². The van der Waals surface area contributed by atoms with Crippen LogP contribution in [0.1, 0.15) is 103 Å². The number of nitriles is 1. The molecule has 1 aliphatic rings. The number of aryl methyl sites for hydroxylation is 2. The fourth-order valence-corrected chi connectivity index (χ4v) is 10.3. The Morgan fingerprint density at radius 3 is 1.47 bits per heavy atom. The predicted octanol–water partition coefficient (Wildman–Crippen LogP) is 14.6. The van der Waals surface area contributed by atoms with E-state index in [4.69, 9.17) is 53.2 Å². The average Bonchev–Trinajstić information content (AvgIpc) is 3.22. The molecule has 7 rings (SSSR count). The number of hydrogen-bond donors (Lipinski definition) is 1. The standard InChI is InChI=1S/C36H43N5O7S.C21H25N5O2S.C8H4O3/c1-25(2)41(29-11-12-32(26(3)23-29)39-40-35-34(38-6)27(4)33(24-37)49-35)13-14-44-15-16-45-17-18-46-19-20-47-21-22-48-36(43)31-10-8-7-9-30(31)28(5)42;1-14(2)26(9-11-28-12-10-27)17-7-8-18(15(3)13-17)24-25-21-19(22-5)16(4)20(23-6)29-21;9-7-5-3-1-2-4-6(5)8(10)11-7/h7-12,23,25H,13-22H2,1-5H3;7-8,13-14,27H,9-12H2,1-4H3;1-4H. The van der Waals surface area contributed by atoms with Crippen LogP contribution >= 0.6 is 22.7 Å². The third-order valence-corrected chi connectivity index (χ3v) is 15.3. The lowest BCUT2D eigenvalue weighted by molar-refractivity contribution is -0.00851. The Bertz CT molecular complexity index is 3590. The van der Waals surface area contributed by atoms with Crippen molar-refractivity contribution in [3.63, 3.8) is 0 Å². The van der Waals surface area contributed by atoms with Crippen molar-refractivity contribution in [1.29, 1.82) is 5.26 Å². The maximum atomic E-state index is 12.2. The van der Waals surface area contributed by atoms with Gasteiger partial charge in [0, 0.05) is 42.1 Å². The van der Waals surface area contributed by atoms with Gasteiger partial charge in [0.05, 0.1) is 125 Å². The maximum absolute atomic E-state index is 12.2. The maximum Gasteiger partial charge on any atom is 0.346 e. The van der Waals surface area contributed by atoms with Gasteiger partial charge in [0.1, 0.15) is 22.7 Å². The average molecular weight is 1250 g/mol. The Labute approximate surface area is 527 Å². The summed E-state index contributed by atoms with van der Waals surface area (Å²) in [5.41, 5.74) is 8.83. The first-order valence-electron chi connectivity index (χ1n) is 28.4. The molecule has 0 saturated heterocycles. The summed E-state index contributed by atoms with van der Waals surface area (Å²) in [5.74, 6) is -1.84. The molecule has 466 valence electrons. The van der Waals surface area contributed by atoms with Crippen molar-refractivity contribution in [3.05, 3.63) is 169 Å². The summed E-state index contributed by atoms with van der Waals surface area (Å²) in [6, 6.07) is 27.7. The van der Waals surface area contributed by atoms with Crippen molar-refractivity contribution in [2.24, 2.45) is 20.5 Å². The predicted molar refractivity (Wildman–Crippen MR) is 341 cm³/mol. The van der Waals surface area contributed by atoms with Gasteiger partial charge in [-0.25, -0.2) is 28.9 Å². The van der Waals surface area contributed by atoms with E-state index in [0.29, 0.717) is 137 Å². The van der Waals surface area contributed by atoms with Crippen molar-refractivity contribution in [3.8, 4) is 6.07 Å². The van der Waals surface area contributed by atoms with E-state index in [1.54, 1.807) is 62.4 Å². The van der Waals surface area contributed by atoms with E-state index < -0.39 is 17.9 Å². The number of azo groups is 2. The number of aliphatic hydroxyl groups is 1. The van der Waals surface area contributed by atoms with Crippen molar-refractivity contribution < 1.29 is 57.4 Å². The third kappa shape index (κ3) is 21.1. The smallest absolute Gasteiger partial charge is 0.346 e. The Kier molecular flexibility index (Phi) is 29.5. The molecule has 24 heteroatoms. The molecule has 1 aliphatic heterocycles. The largest absolute Gasteiger partial charge is 0.460 e. The van der Waals surface area contributed by atoms with Gasteiger partial charge in [0.15, 0.2) is 5.78 Å². The second-order valence-corrected chi connectivity index (χ2v) is 22.0. The highest BCUT2D eigenvalue weighted by molar-refractivity contribution is 7.20. The summed E-state index contributed by atoms with van der Waals surface area (Å²) < 4.78 is 37.3. The molecule has 3 heterocycles. The summed E-state index contributed by atoms with van der Waals surface area (Å²) in [6.07, 6.45) is 0. The van der Waals surface area contributed by atoms with E-state index in [2.05, 4.69) is 95.4 Å². The van der Waals surface area contributed by atoms with Gasteiger partial charge in [-0.15, -0.1) is 22.7 Å². The molecule has 0 unspecified atom stereocenters. The topological polar surface area (TPSA) is 246 Å². The molecule has 0 bridgehead atoms. The number of rotatable bonds is 30. The lowest BCUT2D eigenvalue weighted by Gasteiger charge is -2.29.